The van der Waals surface area contributed by atoms with Crippen molar-refractivity contribution in [3.63, 3.8) is 0 Å². The van der Waals surface area contributed by atoms with E-state index >= 15 is 0 Å². The molecule has 14 heavy (non-hydrogen) atoms. The SMILES string of the molecule is CC(C)(C)OC(=O)[C@H](N)C(C)(C)C.Cl. The fourth-order valence-corrected chi connectivity index (χ4v) is 0.719. The van der Waals surface area contributed by atoms with Crippen molar-refractivity contribution >= 4 is 18.4 Å². The third-order valence-corrected chi connectivity index (χ3v) is 1.59. The van der Waals surface area contributed by atoms with E-state index in [0.29, 0.717) is 0 Å². The highest BCUT2D eigenvalue weighted by Crippen LogP contribution is 2.20. The van der Waals surface area contributed by atoms with Crippen molar-refractivity contribution in [3.05, 3.63) is 0 Å². The quantitative estimate of drug-likeness (QED) is 0.693. The maximum atomic E-state index is 11.5. The van der Waals surface area contributed by atoms with Crippen LogP contribution in [-0.2, 0) is 9.53 Å². The third-order valence-electron chi connectivity index (χ3n) is 1.59. The first-order chi connectivity index (χ1) is 5.54. The molecule has 0 aliphatic carbocycles. The summed E-state index contributed by atoms with van der Waals surface area (Å²) in [6.07, 6.45) is 0. The van der Waals surface area contributed by atoms with Gasteiger partial charge in [-0.05, 0) is 26.2 Å². The topological polar surface area (TPSA) is 52.3 Å². The second kappa shape index (κ2) is 4.99. The molecular formula is C10H22ClNO2. The van der Waals surface area contributed by atoms with Gasteiger partial charge in [0, 0.05) is 0 Å². The number of esters is 1. The largest absolute Gasteiger partial charge is 0.459 e. The Hall–Kier alpha value is -0.280. The summed E-state index contributed by atoms with van der Waals surface area (Å²) in [5.74, 6) is -0.333. The van der Waals surface area contributed by atoms with Gasteiger partial charge in [0.25, 0.3) is 0 Å². The summed E-state index contributed by atoms with van der Waals surface area (Å²) in [5.41, 5.74) is 5.02. The van der Waals surface area contributed by atoms with Gasteiger partial charge in [0.1, 0.15) is 11.6 Å². The predicted octanol–water partition coefficient (Wildman–Crippen LogP) is 2.12. The molecule has 0 fully saturated rings. The van der Waals surface area contributed by atoms with E-state index in [9.17, 15) is 4.79 Å². The van der Waals surface area contributed by atoms with E-state index in [1.807, 2.05) is 41.5 Å². The van der Waals surface area contributed by atoms with Crippen LogP contribution in [0.25, 0.3) is 0 Å². The zero-order chi connectivity index (χ0) is 10.9. The molecule has 0 radical (unpaired) electrons. The Morgan fingerprint density at radius 3 is 1.71 bits per heavy atom. The van der Waals surface area contributed by atoms with Gasteiger partial charge in [-0.25, -0.2) is 0 Å². The minimum absolute atomic E-state index is 0. The van der Waals surface area contributed by atoms with Gasteiger partial charge in [-0.1, -0.05) is 20.8 Å². The lowest BCUT2D eigenvalue weighted by Gasteiger charge is -2.28. The summed E-state index contributed by atoms with van der Waals surface area (Å²) in [6, 6.07) is -0.563. The molecule has 0 unspecified atom stereocenters. The smallest absolute Gasteiger partial charge is 0.323 e. The summed E-state index contributed by atoms with van der Waals surface area (Å²) in [7, 11) is 0. The average Bonchev–Trinajstić information content (AvgIpc) is 1.79. The Labute approximate surface area is 92.8 Å². The van der Waals surface area contributed by atoms with Crippen LogP contribution in [0.5, 0.6) is 0 Å². The van der Waals surface area contributed by atoms with Crippen molar-refractivity contribution in [3.8, 4) is 0 Å². The van der Waals surface area contributed by atoms with Crippen LogP contribution >= 0.6 is 12.4 Å². The second-order valence-electron chi connectivity index (χ2n) is 5.38. The first kappa shape index (κ1) is 16.2. The molecule has 0 saturated carbocycles. The van der Waals surface area contributed by atoms with Crippen molar-refractivity contribution in [1.82, 2.24) is 0 Å². The van der Waals surface area contributed by atoms with Crippen LogP contribution in [0.2, 0.25) is 0 Å². The van der Waals surface area contributed by atoms with Gasteiger partial charge in [-0.15, -0.1) is 12.4 Å². The highest BCUT2D eigenvalue weighted by atomic mass is 35.5. The Balaban J connectivity index is 0. The number of carbonyl (C=O) groups is 1. The summed E-state index contributed by atoms with van der Waals surface area (Å²) in [4.78, 5) is 11.5. The summed E-state index contributed by atoms with van der Waals surface area (Å²) in [6.45, 7) is 11.3. The van der Waals surface area contributed by atoms with Crippen molar-refractivity contribution in [1.29, 1.82) is 0 Å². The monoisotopic (exact) mass is 223 g/mol. The molecule has 0 bridgehead atoms. The highest BCUT2D eigenvalue weighted by molar-refractivity contribution is 5.85. The molecule has 4 heteroatoms. The van der Waals surface area contributed by atoms with Gasteiger partial charge >= 0.3 is 5.97 Å². The molecule has 86 valence electrons. The zero-order valence-electron chi connectivity index (χ0n) is 9.88. The molecule has 0 amide bonds. The summed E-state index contributed by atoms with van der Waals surface area (Å²) in [5, 5.41) is 0. The molecule has 0 aromatic heterocycles. The average molecular weight is 224 g/mol. The molecule has 0 aromatic carbocycles. The molecule has 0 aliphatic heterocycles. The highest BCUT2D eigenvalue weighted by Gasteiger charge is 2.31. The lowest BCUT2D eigenvalue weighted by atomic mass is 9.87. The van der Waals surface area contributed by atoms with Gasteiger partial charge in [0.05, 0.1) is 0 Å². The molecule has 0 spiro atoms. The van der Waals surface area contributed by atoms with Crippen molar-refractivity contribution in [2.75, 3.05) is 0 Å². The van der Waals surface area contributed by atoms with E-state index in [1.165, 1.54) is 0 Å². The number of rotatable bonds is 1. The van der Waals surface area contributed by atoms with Gasteiger partial charge < -0.3 is 10.5 Å². The maximum absolute atomic E-state index is 11.5. The van der Waals surface area contributed by atoms with Crippen molar-refractivity contribution in [2.45, 2.75) is 53.2 Å². The molecule has 1 atom stereocenters. The molecule has 0 aliphatic rings. The van der Waals surface area contributed by atoms with Crippen LogP contribution in [0, 0.1) is 5.41 Å². The van der Waals surface area contributed by atoms with Gasteiger partial charge in [0.15, 0.2) is 0 Å². The van der Waals surface area contributed by atoms with Crippen molar-refractivity contribution < 1.29 is 9.53 Å². The maximum Gasteiger partial charge on any atom is 0.323 e. The number of ether oxygens (including phenoxy) is 1. The predicted molar refractivity (Wildman–Crippen MR) is 60.5 cm³/mol. The zero-order valence-corrected chi connectivity index (χ0v) is 10.7. The summed E-state index contributed by atoms with van der Waals surface area (Å²) < 4.78 is 5.16. The van der Waals surface area contributed by atoms with E-state index in [0.717, 1.165) is 0 Å². The number of hydrogen-bond donors (Lipinski definition) is 1. The van der Waals surface area contributed by atoms with Gasteiger partial charge in [-0.2, -0.15) is 0 Å². The van der Waals surface area contributed by atoms with Crippen LogP contribution in [0.4, 0.5) is 0 Å². The Kier molecular flexibility index (Phi) is 5.76. The van der Waals surface area contributed by atoms with E-state index in [2.05, 4.69) is 0 Å². The Morgan fingerprint density at radius 1 is 1.14 bits per heavy atom. The minimum atomic E-state index is -0.563. The molecule has 0 saturated heterocycles. The van der Waals surface area contributed by atoms with Crippen LogP contribution in [0.3, 0.4) is 0 Å². The second-order valence-corrected chi connectivity index (χ2v) is 5.38. The molecule has 2 N–H and O–H groups in total. The fraction of sp³-hybridized carbons (Fsp3) is 0.900. The minimum Gasteiger partial charge on any atom is -0.459 e. The van der Waals surface area contributed by atoms with Gasteiger partial charge in [-0.3, -0.25) is 4.79 Å². The number of nitrogens with two attached hydrogens (primary N) is 1. The number of hydrogen-bond acceptors (Lipinski definition) is 3. The van der Waals surface area contributed by atoms with Crippen LogP contribution in [0.1, 0.15) is 41.5 Å². The number of halogens is 1. The normalized spacial score (nSPS) is 14.2. The molecule has 3 nitrogen and oxygen atoms in total. The van der Waals surface area contributed by atoms with Crippen LogP contribution in [0.15, 0.2) is 0 Å². The Morgan fingerprint density at radius 2 is 1.50 bits per heavy atom. The van der Waals surface area contributed by atoms with E-state index in [-0.39, 0.29) is 23.8 Å². The molecule has 0 heterocycles. The molecule has 0 rings (SSSR count). The first-order valence-corrected chi connectivity index (χ1v) is 4.52. The van der Waals surface area contributed by atoms with Gasteiger partial charge in [0.2, 0.25) is 0 Å². The van der Waals surface area contributed by atoms with Crippen molar-refractivity contribution in [2.24, 2.45) is 11.1 Å². The molecular weight excluding hydrogens is 202 g/mol. The van der Waals surface area contributed by atoms with E-state index in [1.54, 1.807) is 0 Å². The van der Waals surface area contributed by atoms with E-state index < -0.39 is 11.6 Å². The lowest BCUT2D eigenvalue weighted by molar-refractivity contribution is -0.159. The third kappa shape index (κ3) is 6.22. The number of carbonyl (C=O) groups excluding carboxylic acids is 1. The Bertz CT molecular complexity index is 191. The fourth-order valence-electron chi connectivity index (χ4n) is 0.719. The standard InChI is InChI=1S/C10H21NO2.ClH/c1-9(2,3)7(11)8(12)13-10(4,5)6;/h7H,11H2,1-6H3;1H/t7-;/m0./s1. The van der Waals surface area contributed by atoms with E-state index in [4.69, 9.17) is 10.5 Å². The molecule has 0 aromatic rings. The first-order valence-electron chi connectivity index (χ1n) is 4.52. The lowest BCUT2D eigenvalue weighted by Crippen LogP contribution is -2.45. The van der Waals surface area contributed by atoms with Crippen LogP contribution < -0.4 is 5.73 Å². The van der Waals surface area contributed by atoms with Crippen LogP contribution in [-0.4, -0.2) is 17.6 Å². The summed E-state index contributed by atoms with van der Waals surface area (Å²) >= 11 is 0.